The van der Waals surface area contributed by atoms with E-state index >= 15 is 0 Å². The second-order valence-corrected chi connectivity index (χ2v) is 5.55. The Balaban J connectivity index is 2.01. The van der Waals surface area contributed by atoms with Crippen molar-refractivity contribution in [2.45, 2.75) is 19.4 Å². The van der Waals surface area contributed by atoms with Crippen molar-refractivity contribution in [3.8, 4) is 5.75 Å². The summed E-state index contributed by atoms with van der Waals surface area (Å²) in [5.74, 6) is 0.589. The summed E-state index contributed by atoms with van der Waals surface area (Å²) >= 11 is 0. The Morgan fingerprint density at radius 1 is 1.43 bits per heavy atom. The molecule has 3 rings (SSSR count). The number of carbonyl (C=O) groups is 2. The van der Waals surface area contributed by atoms with Crippen LogP contribution in [0.5, 0.6) is 5.75 Å². The SMILES string of the molecule is COc1cc2c(cc1N)C1CN(C(C)=O)CC(=O)N1CC2. The first-order valence-electron chi connectivity index (χ1n) is 7.02. The third-order valence-electron chi connectivity index (χ3n) is 4.33. The van der Waals surface area contributed by atoms with Crippen molar-refractivity contribution in [3.63, 3.8) is 0 Å². The van der Waals surface area contributed by atoms with E-state index in [0.717, 1.165) is 17.5 Å². The highest BCUT2D eigenvalue weighted by Gasteiger charge is 2.38. The molecule has 112 valence electrons. The first-order valence-corrected chi connectivity index (χ1v) is 7.02. The van der Waals surface area contributed by atoms with E-state index in [9.17, 15) is 9.59 Å². The van der Waals surface area contributed by atoms with Gasteiger partial charge in [-0.2, -0.15) is 0 Å². The van der Waals surface area contributed by atoms with Crippen LogP contribution in [0.2, 0.25) is 0 Å². The molecule has 21 heavy (non-hydrogen) atoms. The zero-order valence-corrected chi connectivity index (χ0v) is 12.3. The molecule has 6 heteroatoms. The standard InChI is InChI=1S/C15H19N3O3/c1-9(19)17-7-13-11-6-12(16)14(21-2)5-10(11)3-4-18(13)15(20)8-17/h5-6,13H,3-4,7-8,16H2,1-2H3. The monoisotopic (exact) mass is 289 g/mol. The van der Waals surface area contributed by atoms with Gasteiger partial charge < -0.3 is 20.3 Å². The summed E-state index contributed by atoms with van der Waals surface area (Å²) in [6.45, 7) is 2.87. The third-order valence-corrected chi connectivity index (χ3v) is 4.33. The van der Waals surface area contributed by atoms with Crippen LogP contribution in [0.25, 0.3) is 0 Å². The Bertz CT molecular complexity index is 614. The average Bonchev–Trinajstić information content (AvgIpc) is 2.46. The Kier molecular flexibility index (Phi) is 3.23. The molecule has 1 aromatic carbocycles. The lowest BCUT2D eigenvalue weighted by Gasteiger charge is -2.44. The molecule has 1 aromatic rings. The van der Waals surface area contributed by atoms with E-state index in [2.05, 4.69) is 0 Å². The summed E-state index contributed by atoms with van der Waals surface area (Å²) in [5.41, 5.74) is 8.72. The number of rotatable bonds is 1. The van der Waals surface area contributed by atoms with Gasteiger partial charge in [0.25, 0.3) is 0 Å². The topological polar surface area (TPSA) is 75.9 Å². The number of nitrogen functional groups attached to an aromatic ring is 1. The molecule has 0 radical (unpaired) electrons. The molecule has 0 bridgehead atoms. The summed E-state index contributed by atoms with van der Waals surface area (Å²) < 4.78 is 5.26. The molecule has 2 aliphatic rings. The van der Waals surface area contributed by atoms with E-state index in [4.69, 9.17) is 10.5 Å². The number of fused-ring (bicyclic) bond motifs is 3. The maximum atomic E-state index is 12.2. The molecule has 2 amide bonds. The Labute approximate surface area is 123 Å². The maximum absolute atomic E-state index is 12.2. The van der Waals surface area contributed by atoms with Gasteiger partial charge in [-0.15, -0.1) is 0 Å². The Morgan fingerprint density at radius 3 is 2.86 bits per heavy atom. The number of amides is 2. The molecule has 1 saturated heterocycles. The van der Waals surface area contributed by atoms with Gasteiger partial charge in [0.1, 0.15) is 5.75 Å². The number of anilines is 1. The van der Waals surface area contributed by atoms with Crippen LogP contribution >= 0.6 is 0 Å². The molecule has 2 N–H and O–H groups in total. The quantitative estimate of drug-likeness (QED) is 0.767. The van der Waals surface area contributed by atoms with Crippen molar-refractivity contribution in [1.82, 2.24) is 9.80 Å². The molecular weight excluding hydrogens is 270 g/mol. The van der Waals surface area contributed by atoms with Crippen molar-refractivity contribution >= 4 is 17.5 Å². The average molecular weight is 289 g/mol. The molecule has 2 aliphatic heterocycles. The zero-order chi connectivity index (χ0) is 15.1. The van der Waals surface area contributed by atoms with Crippen molar-refractivity contribution < 1.29 is 14.3 Å². The van der Waals surface area contributed by atoms with Gasteiger partial charge in [-0.05, 0) is 29.7 Å². The molecule has 2 heterocycles. The summed E-state index contributed by atoms with van der Waals surface area (Å²) in [5, 5.41) is 0. The van der Waals surface area contributed by atoms with Crippen LogP contribution in [0.4, 0.5) is 5.69 Å². The van der Waals surface area contributed by atoms with Crippen LogP contribution in [-0.2, 0) is 16.0 Å². The predicted octanol–water partition coefficient (Wildman–Crippen LogP) is 0.565. The Morgan fingerprint density at radius 2 is 2.19 bits per heavy atom. The number of methoxy groups -OCH3 is 1. The van der Waals surface area contributed by atoms with E-state index in [1.807, 2.05) is 17.0 Å². The van der Waals surface area contributed by atoms with Crippen LogP contribution in [-0.4, -0.2) is 48.4 Å². The first kappa shape index (κ1) is 13.7. The number of hydrogen-bond donors (Lipinski definition) is 1. The number of benzene rings is 1. The molecule has 6 nitrogen and oxygen atoms in total. The van der Waals surface area contributed by atoms with E-state index < -0.39 is 0 Å². The normalized spacial score (nSPS) is 20.9. The van der Waals surface area contributed by atoms with Crippen molar-refractivity contribution in [2.75, 3.05) is 32.5 Å². The molecule has 1 unspecified atom stereocenters. The lowest BCUT2D eigenvalue weighted by Crippen LogP contribution is -2.55. The summed E-state index contributed by atoms with van der Waals surface area (Å²) in [4.78, 5) is 27.3. The zero-order valence-electron chi connectivity index (χ0n) is 12.3. The van der Waals surface area contributed by atoms with Crippen LogP contribution in [0, 0.1) is 0 Å². The number of hydrogen-bond acceptors (Lipinski definition) is 4. The minimum Gasteiger partial charge on any atom is -0.495 e. The largest absolute Gasteiger partial charge is 0.495 e. The van der Waals surface area contributed by atoms with Crippen molar-refractivity contribution in [1.29, 1.82) is 0 Å². The molecule has 0 spiro atoms. The Hall–Kier alpha value is -2.24. The fourth-order valence-electron chi connectivity index (χ4n) is 3.19. The van der Waals surface area contributed by atoms with Crippen molar-refractivity contribution in [2.24, 2.45) is 0 Å². The molecule has 1 fully saturated rings. The summed E-state index contributed by atoms with van der Waals surface area (Å²) in [7, 11) is 1.59. The lowest BCUT2D eigenvalue weighted by atomic mass is 9.90. The fraction of sp³-hybridized carbons (Fsp3) is 0.467. The highest BCUT2D eigenvalue weighted by Crippen LogP contribution is 2.37. The van der Waals surface area contributed by atoms with E-state index in [-0.39, 0.29) is 24.4 Å². The first-order chi connectivity index (χ1) is 10.0. The van der Waals surface area contributed by atoms with E-state index in [0.29, 0.717) is 24.5 Å². The van der Waals surface area contributed by atoms with Crippen LogP contribution in [0.1, 0.15) is 24.1 Å². The number of carbonyl (C=O) groups excluding carboxylic acids is 2. The number of nitrogens with two attached hydrogens (primary N) is 1. The van der Waals surface area contributed by atoms with Gasteiger partial charge in [-0.3, -0.25) is 9.59 Å². The smallest absolute Gasteiger partial charge is 0.242 e. The van der Waals surface area contributed by atoms with Crippen molar-refractivity contribution in [3.05, 3.63) is 23.3 Å². The van der Waals surface area contributed by atoms with Crippen LogP contribution in [0.15, 0.2) is 12.1 Å². The van der Waals surface area contributed by atoms with E-state index in [1.54, 1.807) is 12.0 Å². The van der Waals surface area contributed by atoms with E-state index in [1.165, 1.54) is 6.92 Å². The lowest BCUT2D eigenvalue weighted by molar-refractivity contribution is -0.148. The predicted molar refractivity (Wildman–Crippen MR) is 77.8 cm³/mol. The molecule has 0 aromatic heterocycles. The summed E-state index contributed by atoms with van der Waals surface area (Å²) in [6.07, 6.45) is 0.786. The second kappa shape index (κ2) is 4.95. The number of ether oxygens (including phenoxy) is 1. The fourth-order valence-corrected chi connectivity index (χ4v) is 3.19. The van der Waals surface area contributed by atoms with Crippen LogP contribution < -0.4 is 10.5 Å². The molecule has 0 aliphatic carbocycles. The van der Waals surface area contributed by atoms with Gasteiger partial charge in [-0.1, -0.05) is 0 Å². The van der Waals surface area contributed by atoms with Gasteiger partial charge in [0.2, 0.25) is 11.8 Å². The van der Waals surface area contributed by atoms with Crippen LogP contribution in [0.3, 0.4) is 0 Å². The second-order valence-electron chi connectivity index (χ2n) is 5.55. The van der Waals surface area contributed by atoms with Gasteiger partial charge in [0.05, 0.1) is 25.4 Å². The van der Waals surface area contributed by atoms with Gasteiger partial charge in [0, 0.05) is 20.0 Å². The minimum absolute atomic E-state index is 0.00138. The molecule has 0 saturated carbocycles. The molecule has 1 atom stereocenters. The highest BCUT2D eigenvalue weighted by atomic mass is 16.5. The third kappa shape index (κ3) is 2.20. The number of piperazine rings is 1. The van der Waals surface area contributed by atoms with Gasteiger partial charge in [0.15, 0.2) is 0 Å². The molecular formula is C15H19N3O3. The highest BCUT2D eigenvalue weighted by molar-refractivity contribution is 5.86. The van der Waals surface area contributed by atoms with Gasteiger partial charge >= 0.3 is 0 Å². The maximum Gasteiger partial charge on any atom is 0.242 e. The summed E-state index contributed by atoms with van der Waals surface area (Å²) in [6, 6.07) is 3.72. The van der Waals surface area contributed by atoms with Gasteiger partial charge in [-0.25, -0.2) is 0 Å². The minimum atomic E-state index is -0.105. The number of nitrogens with zero attached hydrogens (tertiary/aromatic N) is 2.